The van der Waals surface area contributed by atoms with Gasteiger partial charge in [-0.05, 0) is 11.5 Å². The average molecular weight is 125 g/mol. The van der Waals surface area contributed by atoms with E-state index in [9.17, 15) is 4.57 Å². The predicted molar refractivity (Wildman–Crippen MR) is 28.2 cm³/mol. The molecule has 0 radical (unpaired) electrons. The standard InChI is InChI=1S/C2H5O2PS/c1-2-4-5(3)6/h2H2,1H3/p+1. The van der Waals surface area contributed by atoms with Crippen LogP contribution in [0.25, 0.3) is 0 Å². The SMILES string of the molecule is CCO[P+](=O)S. The van der Waals surface area contributed by atoms with Crippen LogP contribution in [0.5, 0.6) is 0 Å². The second-order valence-corrected chi connectivity index (χ2v) is 2.37. The molecule has 0 bridgehead atoms. The molecular weight excluding hydrogens is 119 g/mol. The third-order valence-corrected chi connectivity index (χ3v) is 1.07. The lowest BCUT2D eigenvalue weighted by molar-refractivity contribution is 0.362. The van der Waals surface area contributed by atoms with Crippen molar-refractivity contribution in [2.45, 2.75) is 6.92 Å². The van der Waals surface area contributed by atoms with Gasteiger partial charge < -0.3 is 0 Å². The molecule has 2 nitrogen and oxygen atoms in total. The van der Waals surface area contributed by atoms with Gasteiger partial charge in [-0.25, -0.2) is 0 Å². The summed E-state index contributed by atoms with van der Waals surface area (Å²) in [7, 11) is -1.66. The van der Waals surface area contributed by atoms with Crippen molar-refractivity contribution in [3.8, 4) is 0 Å². The van der Waals surface area contributed by atoms with E-state index in [1.165, 1.54) is 0 Å². The number of hydrogen-bond acceptors (Lipinski definition) is 2. The maximum absolute atomic E-state index is 9.83. The van der Waals surface area contributed by atoms with Gasteiger partial charge in [-0.15, -0.1) is 4.52 Å². The first-order valence-electron chi connectivity index (χ1n) is 1.56. The molecule has 0 aliphatic rings. The largest absolute Gasteiger partial charge is 0.582 e. The van der Waals surface area contributed by atoms with E-state index in [0.717, 1.165) is 0 Å². The Hall–Kier alpha value is 0.410. The molecule has 1 unspecified atom stereocenters. The van der Waals surface area contributed by atoms with Crippen LogP contribution in [0.15, 0.2) is 0 Å². The molecule has 0 rings (SSSR count). The predicted octanol–water partition coefficient (Wildman–Crippen LogP) is 1.61. The van der Waals surface area contributed by atoms with Crippen LogP contribution in [-0.2, 0) is 9.09 Å². The Morgan fingerprint density at radius 3 is 2.50 bits per heavy atom. The van der Waals surface area contributed by atoms with E-state index in [1.54, 1.807) is 6.92 Å². The molecule has 0 aliphatic carbocycles. The van der Waals surface area contributed by atoms with E-state index in [1.807, 2.05) is 0 Å². The Labute approximate surface area is 42.9 Å². The van der Waals surface area contributed by atoms with Crippen LogP contribution in [0.4, 0.5) is 0 Å². The Bertz CT molecular complexity index is 55.5. The van der Waals surface area contributed by atoms with Gasteiger partial charge in [-0.3, -0.25) is 0 Å². The van der Waals surface area contributed by atoms with Crippen molar-refractivity contribution in [3.05, 3.63) is 0 Å². The highest BCUT2D eigenvalue weighted by atomic mass is 32.7. The summed E-state index contributed by atoms with van der Waals surface area (Å²) in [6.07, 6.45) is 0. The van der Waals surface area contributed by atoms with E-state index >= 15 is 0 Å². The highest BCUT2D eigenvalue weighted by Crippen LogP contribution is 2.25. The molecule has 0 fully saturated rings. The Balaban J connectivity index is 2.83. The zero-order valence-corrected chi connectivity index (χ0v) is 5.21. The van der Waals surface area contributed by atoms with Gasteiger partial charge in [-0.2, -0.15) is 0 Å². The highest BCUT2D eigenvalue weighted by molar-refractivity contribution is 8.39. The van der Waals surface area contributed by atoms with Gasteiger partial charge in [0.05, 0.1) is 0 Å². The molecule has 4 heteroatoms. The molecular formula is C2H6O2PS+. The van der Waals surface area contributed by atoms with Gasteiger partial charge in [0.25, 0.3) is 0 Å². The maximum Gasteiger partial charge on any atom is 0.582 e. The summed E-state index contributed by atoms with van der Waals surface area (Å²) in [6, 6.07) is 0. The van der Waals surface area contributed by atoms with Crippen molar-refractivity contribution in [1.29, 1.82) is 0 Å². The van der Waals surface area contributed by atoms with Gasteiger partial charge in [0.1, 0.15) is 18.9 Å². The summed E-state index contributed by atoms with van der Waals surface area (Å²) in [5.74, 6) is 0. The smallest absolute Gasteiger partial charge is 0.137 e. The molecule has 0 amide bonds. The van der Waals surface area contributed by atoms with Gasteiger partial charge in [0, 0.05) is 0 Å². The van der Waals surface area contributed by atoms with E-state index < -0.39 is 7.23 Å². The third-order valence-electron chi connectivity index (χ3n) is 0.240. The summed E-state index contributed by atoms with van der Waals surface area (Å²) in [4.78, 5) is 0. The van der Waals surface area contributed by atoms with Crippen molar-refractivity contribution in [2.75, 3.05) is 6.61 Å². The summed E-state index contributed by atoms with van der Waals surface area (Å²) in [5, 5.41) is 0. The molecule has 0 heterocycles. The van der Waals surface area contributed by atoms with Crippen LogP contribution in [0.2, 0.25) is 0 Å². The number of thiol groups is 1. The second kappa shape index (κ2) is 3.59. The van der Waals surface area contributed by atoms with Crippen LogP contribution in [-0.4, -0.2) is 6.61 Å². The zero-order chi connectivity index (χ0) is 4.99. The lowest BCUT2D eigenvalue weighted by atomic mass is 10.9. The zero-order valence-electron chi connectivity index (χ0n) is 3.42. The molecule has 36 valence electrons. The topological polar surface area (TPSA) is 26.3 Å². The fraction of sp³-hybridized carbons (Fsp3) is 1.00. The fourth-order valence-corrected chi connectivity index (χ4v) is 0.678. The molecule has 0 N–H and O–H groups in total. The minimum absolute atomic E-state index is 0.471. The normalized spacial score (nSPS) is 11.3. The molecule has 6 heavy (non-hydrogen) atoms. The van der Waals surface area contributed by atoms with Crippen LogP contribution < -0.4 is 0 Å². The van der Waals surface area contributed by atoms with Gasteiger partial charge in [-0.1, -0.05) is 0 Å². The van der Waals surface area contributed by atoms with E-state index in [2.05, 4.69) is 16.8 Å². The van der Waals surface area contributed by atoms with E-state index in [4.69, 9.17) is 0 Å². The summed E-state index contributed by atoms with van der Waals surface area (Å²) in [6.45, 7) is 2.24. The lowest BCUT2D eigenvalue weighted by Crippen LogP contribution is -1.69. The summed E-state index contributed by atoms with van der Waals surface area (Å²) in [5.41, 5.74) is 0. The Morgan fingerprint density at radius 2 is 2.50 bits per heavy atom. The second-order valence-electron chi connectivity index (χ2n) is 0.656. The molecule has 0 aromatic heterocycles. The van der Waals surface area contributed by atoms with Crippen molar-refractivity contribution in [2.24, 2.45) is 0 Å². The maximum atomic E-state index is 9.83. The van der Waals surface area contributed by atoms with E-state index in [-0.39, 0.29) is 0 Å². The molecule has 1 atom stereocenters. The molecule has 0 saturated carbocycles. The van der Waals surface area contributed by atoms with E-state index in [0.29, 0.717) is 6.61 Å². The van der Waals surface area contributed by atoms with Crippen LogP contribution in [0, 0.1) is 0 Å². The fourth-order valence-electron chi connectivity index (χ4n) is 0.110. The Kier molecular flexibility index (Phi) is 3.84. The number of rotatable bonds is 2. The average Bonchev–Trinajstić information content (AvgIpc) is 1.35. The van der Waals surface area contributed by atoms with Crippen molar-refractivity contribution < 1.29 is 9.09 Å². The quantitative estimate of drug-likeness (QED) is 0.448. The van der Waals surface area contributed by atoms with Crippen molar-refractivity contribution in [3.63, 3.8) is 0 Å². The molecule has 0 spiro atoms. The molecule has 0 aromatic rings. The highest BCUT2D eigenvalue weighted by Gasteiger charge is 2.03. The Morgan fingerprint density at radius 1 is 2.00 bits per heavy atom. The lowest BCUT2D eigenvalue weighted by Gasteiger charge is -1.69. The van der Waals surface area contributed by atoms with Gasteiger partial charge >= 0.3 is 7.23 Å². The van der Waals surface area contributed by atoms with Crippen LogP contribution in [0.3, 0.4) is 0 Å². The molecule has 0 aromatic carbocycles. The molecule has 0 saturated heterocycles. The van der Waals surface area contributed by atoms with Crippen molar-refractivity contribution >= 4 is 19.5 Å². The first-order chi connectivity index (χ1) is 2.77. The summed E-state index contributed by atoms with van der Waals surface area (Å²) >= 11 is 3.47. The minimum atomic E-state index is -1.66. The monoisotopic (exact) mass is 125 g/mol. The van der Waals surface area contributed by atoms with Crippen molar-refractivity contribution in [1.82, 2.24) is 0 Å². The van der Waals surface area contributed by atoms with Gasteiger partial charge in [0.2, 0.25) is 0 Å². The third kappa shape index (κ3) is 4.41. The first-order valence-corrected chi connectivity index (χ1v) is 3.89. The van der Waals surface area contributed by atoms with Crippen LogP contribution >= 0.6 is 19.5 Å². The van der Waals surface area contributed by atoms with Gasteiger partial charge in [0.15, 0.2) is 0 Å². The van der Waals surface area contributed by atoms with Crippen LogP contribution in [0.1, 0.15) is 6.92 Å². The molecule has 0 aliphatic heterocycles. The first kappa shape index (κ1) is 6.41. The summed E-state index contributed by atoms with van der Waals surface area (Å²) < 4.78 is 14.2. The number of hydrogen-bond donors (Lipinski definition) is 1. The minimum Gasteiger partial charge on any atom is -0.137 e.